The molecule has 2 aromatic heterocycles. The summed E-state index contributed by atoms with van der Waals surface area (Å²) in [5, 5.41) is 11.9. The minimum absolute atomic E-state index is 0.0668. The summed E-state index contributed by atoms with van der Waals surface area (Å²) in [6.07, 6.45) is 3.89. The molecule has 1 aromatic carbocycles. The Morgan fingerprint density at radius 2 is 1.88 bits per heavy atom. The van der Waals surface area contributed by atoms with Crippen molar-refractivity contribution in [3.05, 3.63) is 45.8 Å². The molecule has 1 aliphatic carbocycles. The highest BCUT2D eigenvalue weighted by atomic mass is 32.2. The first-order valence-corrected chi connectivity index (χ1v) is 12.7. The van der Waals surface area contributed by atoms with Gasteiger partial charge in [0, 0.05) is 10.4 Å². The van der Waals surface area contributed by atoms with Gasteiger partial charge in [0.25, 0.3) is 5.22 Å². The number of carbonyl (C=O) groups is 2. The van der Waals surface area contributed by atoms with E-state index >= 15 is 0 Å². The van der Waals surface area contributed by atoms with Crippen LogP contribution < -0.4 is 5.32 Å². The summed E-state index contributed by atoms with van der Waals surface area (Å²) in [7, 11) is 1.36. The number of methoxy groups -OCH3 is 1. The zero-order valence-electron chi connectivity index (χ0n) is 19.2. The van der Waals surface area contributed by atoms with Crippen LogP contribution in [0.25, 0.3) is 11.5 Å². The number of aryl methyl sites for hydroxylation is 1. The molecule has 1 amide bonds. The van der Waals surface area contributed by atoms with Crippen LogP contribution in [-0.2, 0) is 27.8 Å². The summed E-state index contributed by atoms with van der Waals surface area (Å²) in [6, 6.07) is 8.03. The molecule has 0 radical (unpaired) electrons. The van der Waals surface area contributed by atoms with Gasteiger partial charge in [0.2, 0.25) is 11.8 Å². The van der Waals surface area contributed by atoms with E-state index in [0.29, 0.717) is 21.7 Å². The van der Waals surface area contributed by atoms with Crippen molar-refractivity contribution in [1.82, 2.24) is 10.2 Å². The van der Waals surface area contributed by atoms with E-state index in [1.54, 1.807) is 0 Å². The predicted octanol–water partition coefficient (Wildman–Crippen LogP) is 5.49. The lowest BCUT2D eigenvalue weighted by atomic mass is 9.87. The van der Waals surface area contributed by atoms with E-state index in [4.69, 9.17) is 9.15 Å². The van der Waals surface area contributed by atoms with Crippen molar-refractivity contribution in [2.45, 2.75) is 57.1 Å². The Labute approximate surface area is 201 Å². The number of hydrogen-bond donors (Lipinski definition) is 1. The van der Waals surface area contributed by atoms with Gasteiger partial charge in [-0.15, -0.1) is 21.5 Å². The van der Waals surface area contributed by atoms with Crippen LogP contribution in [-0.4, -0.2) is 34.9 Å². The van der Waals surface area contributed by atoms with Gasteiger partial charge >= 0.3 is 5.97 Å². The van der Waals surface area contributed by atoms with Crippen molar-refractivity contribution in [2.24, 2.45) is 0 Å². The first-order valence-electron chi connectivity index (χ1n) is 10.9. The van der Waals surface area contributed by atoms with Crippen molar-refractivity contribution < 1.29 is 18.7 Å². The quantitative estimate of drug-likeness (QED) is 0.364. The van der Waals surface area contributed by atoms with Crippen LogP contribution in [0.4, 0.5) is 5.00 Å². The Morgan fingerprint density at radius 3 is 2.58 bits per heavy atom. The summed E-state index contributed by atoms with van der Waals surface area (Å²) in [5.74, 6) is -0.139. The van der Waals surface area contributed by atoms with E-state index in [2.05, 4.69) is 48.4 Å². The molecular weight excluding hydrogens is 458 g/mol. The van der Waals surface area contributed by atoms with Gasteiger partial charge in [0.05, 0.1) is 18.4 Å². The number of carbonyl (C=O) groups excluding carboxylic acids is 2. The maximum absolute atomic E-state index is 12.6. The third-order valence-electron chi connectivity index (χ3n) is 5.54. The molecule has 33 heavy (non-hydrogen) atoms. The van der Waals surface area contributed by atoms with Crippen LogP contribution in [0.15, 0.2) is 33.9 Å². The Hall–Kier alpha value is -2.65. The molecule has 3 aromatic rings. The number of esters is 1. The molecule has 0 fully saturated rings. The first kappa shape index (κ1) is 23.5. The monoisotopic (exact) mass is 485 g/mol. The molecule has 0 saturated carbocycles. The maximum atomic E-state index is 12.6. The number of thiophene rings is 1. The predicted molar refractivity (Wildman–Crippen MR) is 130 cm³/mol. The summed E-state index contributed by atoms with van der Waals surface area (Å²) in [5.41, 5.74) is 3.63. The molecule has 0 spiro atoms. The maximum Gasteiger partial charge on any atom is 0.341 e. The number of rotatable bonds is 6. The van der Waals surface area contributed by atoms with Gasteiger partial charge in [0.1, 0.15) is 5.00 Å². The second-order valence-corrected chi connectivity index (χ2v) is 11.0. The third-order valence-corrected chi connectivity index (χ3v) is 7.57. The number of thioether (sulfide) groups is 1. The smallest absolute Gasteiger partial charge is 0.341 e. The lowest BCUT2D eigenvalue weighted by molar-refractivity contribution is -0.113. The number of amides is 1. The summed E-state index contributed by atoms with van der Waals surface area (Å²) < 4.78 is 10.7. The molecule has 7 nitrogen and oxygen atoms in total. The molecule has 2 heterocycles. The highest BCUT2D eigenvalue weighted by molar-refractivity contribution is 7.99. The van der Waals surface area contributed by atoms with Crippen LogP contribution in [0.1, 0.15) is 60.0 Å². The number of nitrogens with one attached hydrogen (secondary N) is 1. The Kier molecular flexibility index (Phi) is 6.90. The number of ether oxygens (including phenoxy) is 1. The van der Waals surface area contributed by atoms with Crippen molar-refractivity contribution in [2.75, 3.05) is 18.2 Å². The van der Waals surface area contributed by atoms with E-state index in [9.17, 15) is 9.59 Å². The highest BCUT2D eigenvalue weighted by Gasteiger charge is 2.27. The van der Waals surface area contributed by atoms with Gasteiger partial charge in [-0.3, -0.25) is 4.79 Å². The second-order valence-electron chi connectivity index (χ2n) is 8.94. The zero-order chi connectivity index (χ0) is 23.6. The van der Waals surface area contributed by atoms with Gasteiger partial charge in [-0.05, 0) is 54.4 Å². The van der Waals surface area contributed by atoms with Crippen LogP contribution in [0.2, 0.25) is 0 Å². The molecule has 0 aliphatic heterocycles. The Morgan fingerprint density at radius 1 is 1.15 bits per heavy atom. The minimum atomic E-state index is -0.406. The third kappa shape index (κ3) is 5.30. The van der Waals surface area contributed by atoms with Gasteiger partial charge in [-0.1, -0.05) is 44.7 Å². The number of nitrogens with zero attached hydrogens (tertiary/aromatic N) is 2. The summed E-state index contributed by atoms with van der Waals surface area (Å²) >= 11 is 2.63. The number of anilines is 1. The van der Waals surface area contributed by atoms with Crippen LogP contribution in [0.5, 0.6) is 0 Å². The van der Waals surface area contributed by atoms with Crippen molar-refractivity contribution >= 4 is 40.0 Å². The fourth-order valence-electron chi connectivity index (χ4n) is 3.76. The van der Waals surface area contributed by atoms with Crippen LogP contribution in [0, 0.1) is 0 Å². The lowest BCUT2D eigenvalue weighted by Gasteiger charge is -2.18. The van der Waals surface area contributed by atoms with Gasteiger partial charge in [-0.25, -0.2) is 4.79 Å². The standard InChI is InChI=1S/C24H27N3O4S2/c1-24(2,3)15-11-9-14(10-12-15)20-26-27-23(31-20)32-13-18(28)25-21-19(22(29)30-4)16-7-5-6-8-17(16)33-21/h9-12H,5-8,13H2,1-4H3,(H,25,28). The number of benzene rings is 1. The average molecular weight is 486 g/mol. The normalized spacial score (nSPS) is 13.5. The molecule has 1 aliphatic rings. The molecule has 174 valence electrons. The fraction of sp³-hybridized carbons (Fsp3) is 0.417. The molecule has 9 heteroatoms. The summed E-state index contributed by atoms with van der Waals surface area (Å²) in [6.45, 7) is 6.48. The van der Waals surface area contributed by atoms with E-state index in [1.807, 2.05) is 12.1 Å². The Balaban J connectivity index is 1.40. The largest absolute Gasteiger partial charge is 0.465 e. The number of hydrogen-bond acceptors (Lipinski definition) is 8. The second kappa shape index (κ2) is 9.69. The topological polar surface area (TPSA) is 94.3 Å². The van der Waals surface area contributed by atoms with Gasteiger partial charge < -0.3 is 14.5 Å². The molecule has 4 rings (SSSR count). The van der Waals surface area contributed by atoms with Crippen LogP contribution >= 0.6 is 23.1 Å². The molecule has 0 unspecified atom stereocenters. The van der Waals surface area contributed by atoms with E-state index in [1.165, 1.54) is 24.0 Å². The molecule has 0 saturated heterocycles. The Bertz CT molecular complexity index is 1160. The summed E-state index contributed by atoms with van der Waals surface area (Å²) in [4.78, 5) is 26.1. The van der Waals surface area contributed by atoms with Crippen LogP contribution in [0.3, 0.4) is 0 Å². The first-order chi connectivity index (χ1) is 15.8. The highest BCUT2D eigenvalue weighted by Crippen LogP contribution is 2.38. The van der Waals surface area contributed by atoms with E-state index in [0.717, 1.165) is 53.4 Å². The SMILES string of the molecule is COC(=O)c1c(NC(=O)CSc2nnc(-c3ccc(C(C)(C)C)cc3)o2)sc2c1CCCC2. The van der Waals surface area contributed by atoms with Crippen molar-refractivity contribution in [3.63, 3.8) is 0 Å². The van der Waals surface area contributed by atoms with Crippen molar-refractivity contribution in [1.29, 1.82) is 0 Å². The molecular formula is C24H27N3O4S2. The van der Waals surface area contributed by atoms with E-state index in [-0.39, 0.29) is 17.1 Å². The van der Waals surface area contributed by atoms with Gasteiger partial charge in [-0.2, -0.15) is 0 Å². The fourth-order valence-corrected chi connectivity index (χ4v) is 5.62. The lowest BCUT2D eigenvalue weighted by Crippen LogP contribution is -2.16. The van der Waals surface area contributed by atoms with E-state index < -0.39 is 5.97 Å². The minimum Gasteiger partial charge on any atom is -0.465 e. The van der Waals surface area contributed by atoms with Gasteiger partial charge in [0.15, 0.2) is 0 Å². The molecule has 0 bridgehead atoms. The molecule has 1 N–H and O–H groups in total. The zero-order valence-corrected chi connectivity index (χ0v) is 20.8. The number of fused-ring (bicyclic) bond motifs is 1. The van der Waals surface area contributed by atoms with Crippen molar-refractivity contribution in [3.8, 4) is 11.5 Å². The molecule has 0 atom stereocenters. The average Bonchev–Trinajstić information content (AvgIpc) is 3.41. The number of aromatic nitrogens is 2.